The molecule has 0 unspecified atom stereocenters. The van der Waals surface area contributed by atoms with Gasteiger partial charge in [0.25, 0.3) is 5.91 Å². The van der Waals surface area contributed by atoms with Crippen LogP contribution in [0.5, 0.6) is 0 Å². The van der Waals surface area contributed by atoms with Crippen LogP contribution < -0.4 is 5.32 Å². The van der Waals surface area contributed by atoms with Gasteiger partial charge in [-0.3, -0.25) is 14.3 Å². The molecule has 2 N–H and O–H groups in total. The number of carboxylic acid groups (broad SMARTS) is 1. The molecule has 0 bridgehead atoms. The van der Waals surface area contributed by atoms with E-state index >= 15 is 0 Å². The average Bonchev–Trinajstić information content (AvgIpc) is 2.61. The van der Waals surface area contributed by atoms with Crippen LogP contribution in [0.1, 0.15) is 24.2 Å². The molecular formula is C10H15N3O3. The molecule has 6 nitrogen and oxygen atoms in total. The van der Waals surface area contributed by atoms with E-state index in [2.05, 4.69) is 10.4 Å². The van der Waals surface area contributed by atoms with Crippen molar-refractivity contribution in [2.45, 2.75) is 13.8 Å². The molecule has 0 aliphatic rings. The first-order chi connectivity index (χ1) is 7.33. The van der Waals surface area contributed by atoms with Gasteiger partial charge in [0.2, 0.25) is 0 Å². The van der Waals surface area contributed by atoms with E-state index in [0.29, 0.717) is 5.56 Å². The molecule has 0 spiro atoms. The van der Waals surface area contributed by atoms with Gasteiger partial charge in [0.1, 0.15) is 0 Å². The number of aryl methyl sites for hydroxylation is 1. The largest absolute Gasteiger partial charge is 0.481 e. The SMILES string of the molecule is Cn1cc(C(=O)NCC(C)(C)C(=O)O)cn1. The Balaban J connectivity index is 2.57. The molecule has 0 atom stereocenters. The molecular weight excluding hydrogens is 210 g/mol. The molecule has 0 radical (unpaired) electrons. The molecule has 0 aromatic carbocycles. The van der Waals surface area contributed by atoms with Crippen LogP contribution in [-0.2, 0) is 11.8 Å². The smallest absolute Gasteiger partial charge is 0.310 e. The number of aliphatic carboxylic acids is 1. The van der Waals surface area contributed by atoms with Gasteiger partial charge in [-0.25, -0.2) is 0 Å². The molecule has 0 fully saturated rings. The van der Waals surface area contributed by atoms with Gasteiger partial charge in [-0.15, -0.1) is 0 Å². The Labute approximate surface area is 93.3 Å². The minimum absolute atomic E-state index is 0.0794. The van der Waals surface area contributed by atoms with E-state index in [9.17, 15) is 9.59 Å². The third-order valence-electron chi connectivity index (χ3n) is 2.24. The first kappa shape index (κ1) is 12.2. The van der Waals surface area contributed by atoms with Crippen molar-refractivity contribution in [1.82, 2.24) is 15.1 Å². The number of rotatable bonds is 4. The second-order valence-electron chi connectivity index (χ2n) is 4.27. The van der Waals surface area contributed by atoms with Crippen LogP contribution in [0.25, 0.3) is 0 Å². The summed E-state index contributed by atoms with van der Waals surface area (Å²) in [6.07, 6.45) is 3.01. The summed E-state index contributed by atoms with van der Waals surface area (Å²) in [5.74, 6) is -1.26. The molecule has 16 heavy (non-hydrogen) atoms. The first-order valence-electron chi connectivity index (χ1n) is 4.83. The average molecular weight is 225 g/mol. The molecule has 1 rings (SSSR count). The third kappa shape index (κ3) is 2.82. The topological polar surface area (TPSA) is 84.2 Å². The normalized spacial score (nSPS) is 11.2. The summed E-state index contributed by atoms with van der Waals surface area (Å²) < 4.78 is 1.51. The fraction of sp³-hybridized carbons (Fsp3) is 0.500. The summed E-state index contributed by atoms with van der Waals surface area (Å²) >= 11 is 0. The molecule has 1 amide bonds. The lowest BCUT2D eigenvalue weighted by Crippen LogP contribution is -2.38. The van der Waals surface area contributed by atoms with Gasteiger partial charge in [0.05, 0.1) is 17.2 Å². The fourth-order valence-electron chi connectivity index (χ4n) is 1.02. The highest BCUT2D eigenvalue weighted by Gasteiger charge is 2.27. The predicted octanol–water partition coefficient (Wildman–Crippen LogP) is 0.261. The predicted molar refractivity (Wildman–Crippen MR) is 57.0 cm³/mol. The van der Waals surface area contributed by atoms with Gasteiger partial charge in [-0.05, 0) is 13.8 Å². The monoisotopic (exact) mass is 225 g/mol. The van der Waals surface area contributed by atoms with Crippen LogP contribution in [-0.4, -0.2) is 33.3 Å². The lowest BCUT2D eigenvalue weighted by molar-refractivity contribution is -0.146. The summed E-state index contributed by atoms with van der Waals surface area (Å²) in [6, 6.07) is 0. The fourth-order valence-corrected chi connectivity index (χ4v) is 1.02. The highest BCUT2D eigenvalue weighted by molar-refractivity contribution is 5.94. The van der Waals surface area contributed by atoms with Crippen LogP contribution in [0.15, 0.2) is 12.4 Å². The van der Waals surface area contributed by atoms with Crippen LogP contribution >= 0.6 is 0 Å². The Hall–Kier alpha value is -1.85. The standard InChI is InChI=1S/C10H15N3O3/c1-10(2,9(15)16)6-11-8(14)7-4-12-13(3)5-7/h4-5H,6H2,1-3H3,(H,11,14)(H,15,16). The zero-order valence-corrected chi connectivity index (χ0v) is 9.52. The summed E-state index contributed by atoms with van der Waals surface area (Å²) in [5.41, 5.74) is -0.554. The van der Waals surface area contributed by atoms with Crippen LogP contribution in [0.2, 0.25) is 0 Å². The van der Waals surface area contributed by atoms with Crippen LogP contribution in [0, 0.1) is 5.41 Å². The first-order valence-corrected chi connectivity index (χ1v) is 4.83. The van der Waals surface area contributed by atoms with E-state index in [1.807, 2.05) is 0 Å². The van der Waals surface area contributed by atoms with Crippen molar-refractivity contribution < 1.29 is 14.7 Å². The van der Waals surface area contributed by atoms with Gasteiger partial charge in [0, 0.05) is 19.8 Å². The van der Waals surface area contributed by atoms with Gasteiger partial charge < -0.3 is 10.4 Å². The van der Waals surface area contributed by atoms with Crippen molar-refractivity contribution in [1.29, 1.82) is 0 Å². The maximum atomic E-state index is 11.6. The second kappa shape index (κ2) is 4.34. The summed E-state index contributed by atoms with van der Waals surface area (Å²) in [6.45, 7) is 3.19. The van der Waals surface area contributed by atoms with E-state index in [1.165, 1.54) is 10.9 Å². The molecule has 1 aromatic rings. The highest BCUT2D eigenvalue weighted by Crippen LogP contribution is 2.13. The zero-order valence-electron chi connectivity index (χ0n) is 9.52. The van der Waals surface area contributed by atoms with Gasteiger partial charge in [-0.1, -0.05) is 0 Å². The maximum Gasteiger partial charge on any atom is 0.310 e. The molecule has 0 aliphatic heterocycles. The quantitative estimate of drug-likeness (QED) is 0.769. The van der Waals surface area contributed by atoms with Crippen molar-refractivity contribution in [2.24, 2.45) is 12.5 Å². The maximum absolute atomic E-state index is 11.6. The number of carboxylic acids is 1. The molecule has 88 valence electrons. The zero-order chi connectivity index (χ0) is 12.3. The van der Waals surface area contributed by atoms with Crippen molar-refractivity contribution in [3.63, 3.8) is 0 Å². The number of amides is 1. The third-order valence-corrected chi connectivity index (χ3v) is 2.24. The van der Waals surface area contributed by atoms with E-state index in [0.717, 1.165) is 0 Å². The van der Waals surface area contributed by atoms with Crippen molar-refractivity contribution in [2.75, 3.05) is 6.54 Å². The van der Waals surface area contributed by atoms with E-state index in [1.54, 1.807) is 27.1 Å². The lowest BCUT2D eigenvalue weighted by atomic mass is 9.94. The molecule has 0 saturated carbocycles. The number of carbonyl (C=O) groups excluding carboxylic acids is 1. The minimum Gasteiger partial charge on any atom is -0.481 e. The van der Waals surface area contributed by atoms with Gasteiger partial charge in [-0.2, -0.15) is 5.10 Å². The number of aromatic nitrogens is 2. The Morgan fingerprint density at radius 3 is 2.62 bits per heavy atom. The molecule has 1 aromatic heterocycles. The summed E-state index contributed by atoms with van der Waals surface area (Å²) in [5, 5.41) is 15.3. The minimum atomic E-state index is -0.974. The molecule has 1 heterocycles. The van der Waals surface area contributed by atoms with E-state index in [4.69, 9.17) is 5.11 Å². The number of hydrogen-bond acceptors (Lipinski definition) is 3. The Morgan fingerprint density at radius 1 is 1.56 bits per heavy atom. The molecule has 0 aliphatic carbocycles. The number of nitrogens with zero attached hydrogens (tertiary/aromatic N) is 2. The van der Waals surface area contributed by atoms with Crippen molar-refractivity contribution in [3.8, 4) is 0 Å². The van der Waals surface area contributed by atoms with Crippen LogP contribution in [0.4, 0.5) is 0 Å². The number of carbonyl (C=O) groups is 2. The van der Waals surface area contributed by atoms with Crippen LogP contribution in [0.3, 0.4) is 0 Å². The summed E-state index contributed by atoms with van der Waals surface area (Å²) in [4.78, 5) is 22.4. The number of hydrogen-bond donors (Lipinski definition) is 2. The highest BCUT2D eigenvalue weighted by atomic mass is 16.4. The Bertz CT molecular complexity index is 409. The van der Waals surface area contributed by atoms with E-state index < -0.39 is 11.4 Å². The van der Waals surface area contributed by atoms with Gasteiger partial charge >= 0.3 is 5.97 Å². The molecule has 0 saturated heterocycles. The lowest BCUT2D eigenvalue weighted by Gasteiger charge is -2.19. The van der Waals surface area contributed by atoms with Crippen molar-refractivity contribution >= 4 is 11.9 Å². The second-order valence-corrected chi connectivity index (χ2v) is 4.27. The number of nitrogens with one attached hydrogen (secondary N) is 1. The van der Waals surface area contributed by atoms with Gasteiger partial charge in [0.15, 0.2) is 0 Å². The Kier molecular flexibility index (Phi) is 3.31. The summed E-state index contributed by atoms with van der Waals surface area (Å²) in [7, 11) is 1.71. The van der Waals surface area contributed by atoms with Crippen molar-refractivity contribution in [3.05, 3.63) is 18.0 Å². The van der Waals surface area contributed by atoms with E-state index in [-0.39, 0.29) is 12.5 Å². The molecule has 6 heteroatoms. The Morgan fingerprint density at radius 2 is 2.19 bits per heavy atom.